The van der Waals surface area contributed by atoms with E-state index in [-0.39, 0.29) is 11.5 Å². The van der Waals surface area contributed by atoms with Crippen molar-refractivity contribution in [2.24, 2.45) is 11.3 Å². The normalized spacial score (nSPS) is 32.7. The van der Waals surface area contributed by atoms with Gasteiger partial charge in [-0.05, 0) is 20.8 Å². The van der Waals surface area contributed by atoms with Crippen LogP contribution in [0.25, 0.3) is 0 Å². The maximum absolute atomic E-state index is 12.0. The predicted octanol–water partition coefficient (Wildman–Crippen LogP) is 2.11. The molecule has 2 saturated heterocycles. The van der Waals surface area contributed by atoms with E-state index in [1.54, 1.807) is 4.90 Å². The van der Waals surface area contributed by atoms with E-state index in [1.807, 2.05) is 20.8 Å². The van der Waals surface area contributed by atoms with Gasteiger partial charge in [-0.2, -0.15) is 0 Å². The standard InChI is InChI=1S/C12H20ClNO3/c1-11(2,3)17-10(15)14-4-9-5-16-8-12(9,6-13)7-14/h9H,4-8H2,1-3H3. The van der Waals surface area contributed by atoms with Crippen LogP contribution in [-0.4, -0.2) is 48.8 Å². The molecule has 98 valence electrons. The van der Waals surface area contributed by atoms with E-state index < -0.39 is 5.60 Å². The van der Waals surface area contributed by atoms with Crippen LogP contribution in [0, 0.1) is 11.3 Å². The number of halogens is 1. The fourth-order valence-electron chi connectivity index (χ4n) is 2.49. The summed E-state index contributed by atoms with van der Waals surface area (Å²) in [6.45, 7) is 8.33. The second-order valence-electron chi connectivity index (χ2n) is 6.07. The Kier molecular flexibility index (Phi) is 3.29. The molecule has 2 atom stereocenters. The number of rotatable bonds is 1. The molecule has 2 fully saturated rings. The molecule has 0 aromatic rings. The molecule has 2 unspecified atom stereocenters. The zero-order chi connectivity index (χ0) is 12.7. The minimum absolute atomic E-state index is 0.0571. The first-order valence-electron chi connectivity index (χ1n) is 5.98. The molecule has 0 aromatic carbocycles. The van der Waals surface area contributed by atoms with Gasteiger partial charge in [0.1, 0.15) is 5.60 Å². The van der Waals surface area contributed by atoms with Crippen molar-refractivity contribution in [3.8, 4) is 0 Å². The molecule has 5 heteroatoms. The fraction of sp³-hybridized carbons (Fsp3) is 0.917. The summed E-state index contributed by atoms with van der Waals surface area (Å²) in [4.78, 5) is 13.7. The molecule has 2 aliphatic heterocycles. The van der Waals surface area contributed by atoms with Gasteiger partial charge in [-0.25, -0.2) is 4.79 Å². The number of carbonyl (C=O) groups excluding carboxylic acids is 1. The highest BCUT2D eigenvalue weighted by molar-refractivity contribution is 6.18. The molecule has 0 aromatic heterocycles. The van der Waals surface area contributed by atoms with Crippen LogP contribution in [0.5, 0.6) is 0 Å². The molecular formula is C12H20ClNO3. The van der Waals surface area contributed by atoms with Crippen molar-refractivity contribution >= 4 is 17.7 Å². The van der Waals surface area contributed by atoms with Gasteiger partial charge in [-0.3, -0.25) is 0 Å². The zero-order valence-electron chi connectivity index (χ0n) is 10.7. The van der Waals surface area contributed by atoms with E-state index >= 15 is 0 Å². The summed E-state index contributed by atoms with van der Waals surface area (Å²) >= 11 is 6.04. The lowest BCUT2D eigenvalue weighted by Gasteiger charge is -2.26. The molecule has 0 N–H and O–H groups in total. The summed E-state index contributed by atoms with van der Waals surface area (Å²) in [6, 6.07) is 0. The number of fused-ring (bicyclic) bond motifs is 1. The van der Waals surface area contributed by atoms with Crippen LogP contribution in [0.1, 0.15) is 20.8 Å². The molecule has 2 aliphatic rings. The fourth-order valence-corrected chi connectivity index (χ4v) is 2.87. The number of hydrogen-bond donors (Lipinski definition) is 0. The maximum atomic E-state index is 12.0. The summed E-state index contributed by atoms with van der Waals surface area (Å²) in [7, 11) is 0. The molecule has 17 heavy (non-hydrogen) atoms. The van der Waals surface area contributed by atoms with Gasteiger partial charge in [0.2, 0.25) is 0 Å². The first kappa shape index (κ1) is 13.0. The summed E-state index contributed by atoms with van der Waals surface area (Å²) in [5.41, 5.74) is -0.502. The van der Waals surface area contributed by atoms with Crippen molar-refractivity contribution in [3.63, 3.8) is 0 Å². The SMILES string of the molecule is CC(C)(C)OC(=O)N1CC2COCC2(CCl)C1. The van der Waals surface area contributed by atoms with Gasteiger partial charge in [0.05, 0.1) is 13.2 Å². The minimum Gasteiger partial charge on any atom is -0.444 e. The van der Waals surface area contributed by atoms with E-state index in [0.29, 0.717) is 38.1 Å². The third-order valence-electron chi connectivity index (χ3n) is 3.44. The zero-order valence-corrected chi connectivity index (χ0v) is 11.4. The number of alkyl halides is 1. The van der Waals surface area contributed by atoms with Gasteiger partial charge in [-0.1, -0.05) is 0 Å². The summed E-state index contributed by atoms with van der Waals surface area (Å²) in [5.74, 6) is 0.893. The highest BCUT2D eigenvalue weighted by Gasteiger charge is 2.51. The van der Waals surface area contributed by atoms with Crippen molar-refractivity contribution in [2.45, 2.75) is 26.4 Å². The molecule has 0 spiro atoms. The molecule has 1 amide bonds. The summed E-state index contributed by atoms with van der Waals surface area (Å²) in [6.07, 6.45) is -0.239. The third kappa shape index (κ3) is 2.52. The molecule has 0 bridgehead atoms. The first-order chi connectivity index (χ1) is 7.86. The van der Waals surface area contributed by atoms with Gasteiger partial charge in [0.25, 0.3) is 0 Å². The number of hydrogen-bond acceptors (Lipinski definition) is 3. The Bertz CT molecular complexity index is 315. The molecule has 4 nitrogen and oxygen atoms in total. The third-order valence-corrected chi connectivity index (χ3v) is 3.97. The van der Waals surface area contributed by atoms with Gasteiger partial charge in [0.15, 0.2) is 0 Å². The Hall–Kier alpha value is -0.480. The summed E-state index contributed by atoms with van der Waals surface area (Å²) in [5, 5.41) is 0. The quantitative estimate of drug-likeness (QED) is 0.679. The van der Waals surface area contributed by atoms with E-state index in [1.165, 1.54) is 0 Å². The van der Waals surface area contributed by atoms with E-state index in [4.69, 9.17) is 21.1 Å². The average molecular weight is 262 g/mol. The second kappa shape index (κ2) is 4.32. The summed E-state index contributed by atoms with van der Waals surface area (Å²) < 4.78 is 10.9. The van der Waals surface area contributed by atoms with E-state index in [9.17, 15) is 4.79 Å². The topological polar surface area (TPSA) is 38.8 Å². The van der Waals surface area contributed by atoms with Crippen LogP contribution >= 0.6 is 11.6 Å². The van der Waals surface area contributed by atoms with Crippen LogP contribution in [0.3, 0.4) is 0 Å². The van der Waals surface area contributed by atoms with Gasteiger partial charge >= 0.3 is 6.09 Å². The average Bonchev–Trinajstić information content (AvgIpc) is 2.70. The second-order valence-corrected chi connectivity index (χ2v) is 6.34. The van der Waals surface area contributed by atoms with Gasteiger partial charge < -0.3 is 14.4 Å². The molecule has 2 rings (SSSR count). The van der Waals surface area contributed by atoms with Crippen LogP contribution in [0.15, 0.2) is 0 Å². The van der Waals surface area contributed by atoms with Crippen LogP contribution in [0.2, 0.25) is 0 Å². The molecule has 0 radical (unpaired) electrons. The predicted molar refractivity (Wildman–Crippen MR) is 65.3 cm³/mol. The number of amides is 1. The number of carbonyl (C=O) groups is 1. The maximum Gasteiger partial charge on any atom is 0.410 e. The van der Waals surface area contributed by atoms with Crippen LogP contribution < -0.4 is 0 Å². The number of nitrogens with zero attached hydrogens (tertiary/aromatic N) is 1. The van der Waals surface area contributed by atoms with E-state index in [0.717, 1.165) is 0 Å². The molecular weight excluding hydrogens is 242 g/mol. The monoisotopic (exact) mass is 261 g/mol. The lowest BCUT2D eigenvalue weighted by molar-refractivity contribution is 0.0242. The minimum atomic E-state index is -0.445. The van der Waals surface area contributed by atoms with Crippen molar-refractivity contribution in [1.82, 2.24) is 4.90 Å². The Balaban J connectivity index is 2.00. The van der Waals surface area contributed by atoms with Gasteiger partial charge in [0, 0.05) is 30.3 Å². The van der Waals surface area contributed by atoms with Crippen molar-refractivity contribution in [2.75, 3.05) is 32.2 Å². The Morgan fingerprint density at radius 2 is 2.29 bits per heavy atom. The molecule has 0 aliphatic carbocycles. The Morgan fingerprint density at radius 3 is 2.82 bits per heavy atom. The highest BCUT2D eigenvalue weighted by atomic mass is 35.5. The highest BCUT2D eigenvalue weighted by Crippen LogP contribution is 2.42. The molecule has 2 heterocycles. The Morgan fingerprint density at radius 1 is 1.59 bits per heavy atom. The largest absolute Gasteiger partial charge is 0.444 e. The van der Waals surface area contributed by atoms with Crippen molar-refractivity contribution in [3.05, 3.63) is 0 Å². The van der Waals surface area contributed by atoms with Crippen molar-refractivity contribution in [1.29, 1.82) is 0 Å². The molecule has 0 saturated carbocycles. The van der Waals surface area contributed by atoms with Crippen LogP contribution in [-0.2, 0) is 9.47 Å². The van der Waals surface area contributed by atoms with Crippen molar-refractivity contribution < 1.29 is 14.3 Å². The van der Waals surface area contributed by atoms with Crippen LogP contribution in [0.4, 0.5) is 4.79 Å². The number of likely N-dealkylation sites (tertiary alicyclic amines) is 1. The first-order valence-corrected chi connectivity index (χ1v) is 6.51. The smallest absolute Gasteiger partial charge is 0.410 e. The Labute approximate surface area is 107 Å². The lowest BCUT2D eigenvalue weighted by Crippen LogP contribution is -2.38. The number of ether oxygens (including phenoxy) is 2. The lowest BCUT2D eigenvalue weighted by atomic mass is 9.83. The van der Waals surface area contributed by atoms with Gasteiger partial charge in [-0.15, -0.1) is 11.6 Å². The van der Waals surface area contributed by atoms with E-state index in [2.05, 4.69) is 0 Å².